The van der Waals surface area contributed by atoms with Crippen molar-refractivity contribution < 1.29 is 9.59 Å². The van der Waals surface area contributed by atoms with Crippen LogP contribution >= 0.6 is 15.9 Å². The average molecular weight is 452 g/mol. The second-order valence-corrected chi connectivity index (χ2v) is 7.56. The van der Waals surface area contributed by atoms with Gasteiger partial charge in [0.2, 0.25) is 5.91 Å². The lowest BCUT2D eigenvalue weighted by Crippen LogP contribution is -2.26. The summed E-state index contributed by atoms with van der Waals surface area (Å²) in [5.74, 6) is -0.239. The number of hydrogen-bond donors (Lipinski definition) is 2. The Morgan fingerprint density at radius 1 is 0.897 bits per heavy atom. The number of nitrogens with one attached hydrogen (secondary N) is 2. The van der Waals surface area contributed by atoms with Gasteiger partial charge in [-0.05, 0) is 42.0 Å². The molecular formula is C23H22BrN3O2. The molecule has 0 aliphatic heterocycles. The van der Waals surface area contributed by atoms with Crippen molar-refractivity contribution in [2.24, 2.45) is 0 Å². The molecule has 0 aliphatic rings. The van der Waals surface area contributed by atoms with Crippen LogP contribution in [0, 0.1) is 0 Å². The number of benzene rings is 3. The van der Waals surface area contributed by atoms with Crippen LogP contribution in [0.4, 0.5) is 11.4 Å². The van der Waals surface area contributed by atoms with E-state index in [1.807, 2.05) is 60.7 Å². The summed E-state index contributed by atoms with van der Waals surface area (Å²) < 4.78 is 0.897. The van der Waals surface area contributed by atoms with Gasteiger partial charge in [0, 0.05) is 35.0 Å². The second kappa shape index (κ2) is 9.89. The molecule has 29 heavy (non-hydrogen) atoms. The van der Waals surface area contributed by atoms with E-state index >= 15 is 0 Å². The zero-order valence-corrected chi connectivity index (χ0v) is 17.6. The predicted octanol–water partition coefficient (Wildman–Crippen LogP) is 4.77. The van der Waals surface area contributed by atoms with E-state index in [4.69, 9.17) is 0 Å². The van der Waals surface area contributed by atoms with E-state index in [1.54, 1.807) is 30.1 Å². The Labute approximate surface area is 178 Å². The first-order chi connectivity index (χ1) is 14.0. The van der Waals surface area contributed by atoms with Gasteiger partial charge in [-0.1, -0.05) is 58.4 Å². The Morgan fingerprint density at radius 2 is 1.62 bits per heavy atom. The highest BCUT2D eigenvalue weighted by Gasteiger charge is 2.13. The molecule has 0 fully saturated rings. The van der Waals surface area contributed by atoms with Gasteiger partial charge in [0.05, 0.1) is 6.54 Å². The molecule has 0 unspecified atom stereocenters. The molecule has 2 N–H and O–H groups in total. The first-order valence-electron chi connectivity index (χ1n) is 9.20. The average Bonchev–Trinajstić information content (AvgIpc) is 2.72. The third kappa shape index (κ3) is 6.19. The minimum absolute atomic E-state index is 0.0731. The summed E-state index contributed by atoms with van der Waals surface area (Å²) in [6, 6.07) is 24.4. The van der Waals surface area contributed by atoms with E-state index in [0.717, 1.165) is 15.7 Å². The fraction of sp³-hybridized carbons (Fsp3) is 0.130. The molecule has 3 rings (SSSR count). The van der Waals surface area contributed by atoms with Crippen LogP contribution in [-0.2, 0) is 11.3 Å². The maximum absolute atomic E-state index is 12.7. The fourth-order valence-corrected chi connectivity index (χ4v) is 3.26. The van der Waals surface area contributed by atoms with Gasteiger partial charge in [0.15, 0.2) is 0 Å². The number of rotatable bonds is 7. The summed E-state index contributed by atoms with van der Waals surface area (Å²) in [6.45, 7) is 0.635. The number of halogens is 1. The maximum atomic E-state index is 12.7. The van der Waals surface area contributed by atoms with Crippen LogP contribution in [0.1, 0.15) is 15.9 Å². The van der Waals surface area contributed by atoms with Crippen molar-refractivity contribution in [3.63, 3.8) is 0 Å². The van der Waals surface area contributed by atoms with Gasteiger partial charge in [0.1, 0.15) is 0 Å². The first-order valence-corrected chi connectivity index (χ1v) is 9.99. The molecule has 0 atom stereocenters. The third-order valence-electron chi connectivity index (χ3n) is 4.28. The highest BCUT2D eigenvalue weighted by molar-refractivity contribution is 9.10. The van der Waals surface area contributed by atoms with Crippen LogP contribution in [0.25, 0.3) is 0 Å². The largest absolute Gasteiger partial charge is 0.376 e. The van der Waals surface area contributed by atoms with E-state index < -0.39 is 0 Å². The summed E-state index contributed by atoms with van der Waals surface area (Å²) in [4.78, 5) is 26.6. The summed E-state index contributed by atoms with van der Waals surface area (Å²) >= 11 is 3.38. The lowest BCUT2D eigenvalue weighted by atomic mass is 10.1. The molecule has 0 aromatic heterocycles. The molecular weight excluding hydrogens is 430 g/mol. The van der Waals surface area contributed by atoms with Crippen molar-refractivity contribution >= 4 is 39.1 Å². The second-order valence-electron chi connectivity index (χ2n) is 6.64. The Hall–Kier alpha value is -3.12. The summed E-state index contributed by atoms with van der Waals surface area (Å²) in [5.41, 5.74) is 3.08. The third-order valence-corrected chi connectivity index (χ3v) is 4.77. The normalized spacial score (nSPS) is 10.3. The summed E-state index contributed by atoms with van der Waals surface area (Å²) in [6.07, 6.45) is 0. The highest BCUT2D eigenvalue weighted by Crippen LogP contribution is 2.16. The number of nitrogens with zero attached hydrogens (tertiary/aromatic N) is 1. The minimum Gasteiger partial charge on any atom is -0.376 e. The van der Waals surface area contributed by atoms with E-state index in [1.165, 1.54) is 0 Å². The van der Waals surface area contributed by atoms with Crippen molar-refractivity contribution in [1.29, 1.82) is 0 Å². The van der Waals surface area contributed by atoms with Gasteiger partial charge < -0.3 is 15.5 Å². The number of carbonyl (C=O) groups is 2. The molecule has 2 amide bonds. The van der Waals surface area contributed by atoms with Crippen LogP contribution in [0.5, 0.6) is 0 Å². The topological polar surface area (TPSA) is 61.4 Å². The minimum atomic E-state index is -0.166. The van der Waals surface area contributed by atoms with Gasteiger partial charge in [-0.3, -0.25) is 9.59 Å². The number of anilines is 2. The molecule has 0 aliphatic carbocycles. The molecule has 3 aromatic rings. The molecule has 148 valence electrons. The van der Waals surface area contributed by atoms with Gasteiger partial charge >= 0.3 is 0 Å². The van der Waals surface area contributed by atoms with Gasteiger partial charge in [-0.15, -0.1) is 0 Å². The molecule has 0 saturated heterocycles. The van der Waals surface area contributed by atoms with Crippen LogP contribution in [0.2, 0.25) is 0 Å². The first kappa shape index (κ1) is 20.6. The van der Waals surface area contributed by atoms with Crippen LogP contribution in [0.15, 0.2) is 83.3 Å². The van der Waals surface area contributed by atoms with Gasteiger partial charge in [0.25, 0.3) is 5.91 Å². The Kier molecular flexibility index (Phi) is 7.03. The molecule has 0 heterocycles. The molecule has 6 heteroatoms. The molecule has 5 nitrogen and oxygen atoms in total. The lowest BCUT2D eigenvalue weighted by Gasteiger charge is -2.18. The van der Waals surface area contributed by atoms with Crippen molar-refractivity contribution in [2.75, 3.05) is 24.2 Å². The number of carbonyl (C=O) groups excluding carboxylic acids is 2. The zero-order chi connectivity index (χ0) is 20.6. The fourth-order valence-electron chi connectivity index (χ4n) is 2.87. The quantitative estimate of drug-likeness (QED) is 0.543. The van der Waals surface area contributed by atoms with Crippen molar-refractivity contribution in [1.82, 2.24) is 4.90 Å². The van der Waals surface area contributed by atoms with Crippen LogP contribution in [0.3, 0.4) is 0 Å². The SMILES string of the molecule is CN(Cc1ccccc1)C(=O)c1cccc(NCC(=O)Nc2cccc(Br)c2)c1. The van der Waals surface area contributed by atoms with Crippen LogP contribution in [-0.4, -0.2) is 30.3 Å². The summed E-state index contributed by atoms with van der Waals surface area (Å²) in [7, 11) is 1.78. The highest BCUT2D eigenvalue weighted by atomic mass is 79.9. The van der Waals surface area contributed by atoms with E-state index in [9.17, 15) is 9.59 Å². The molecule has 0 spiro atoms. The van der Waals surface area contributed by atoms with Crippen molar-refractivity contribution in [2.45, 2.75) is 6.54 Å². The molecule has 3 aromatic carbocycles. The van der Waals surface area contributed by atoms with Crippen molar-refractivity contribution in [3.8, 4) is 0 Å². The van der Waals surface area contributed by atoms with E-state index in [0.29, 0.717) is 17.8 Å². The van der Waals surface area contributed by atoms with E-state index in [2.05, 4.69) is 26.6 Å². The predicted molar refractivity (Wildman–Crippen MR) is 120 cm³/mol. The molecule has 0 bridgehead atoms. The maximum Gasteiger partial charge on any atom is 0.253 e. The lowest BCUT2D eigenvalue weighted by molar-refractivity contribution is -0.114. The Balaban J connectivity index is 1.57. The Bertz CT molecular complexity index is 992. The van der Waals surface area contributed by atoms with Gasteiger partial charge in [-0.2, -0.15) is 0 Å². The van der Waals surface area contributed by atoms with E-state index in [-0.39, 0.29) is 18.4 Å². The summed E-state index contributed by atoms with van der Waals surface area (Å²) in [5, 5.41) is 5.90. The number of amides is 2. The Morgan fingerprint density at radius 3 is 2.38 bits per heavy atom. The van der Waals surface area contributed by atoms with Crippen LogP contribution < -0.4 is 10.6 Å². The number of hydrogen-bond acceptors (Lipinski definition) is 3. The monoisotopic (exact) mass is 451 g/mol. The standard InChI is InChI=1S/C23H22BrN3O2/c1-27(16-17-7-3-2-4-8-17)23(29)18-9-5-11-20(13-18)25-15-22(28)26-21-12-6-10-19(24)14-21/h2-14,25H,15-16H2,1H3,(H,26,28). The van der Waals surface area contributed by atoms with Gasteiger partial charge in [-0.25, -0.2) is 0 Å². The smallest absolute Gasteiger partial charge is 0.253 e. The molecule has 0 saturated carbocycles. The van der Waals surface area contributed by atoms with Crippen molar-refractivity contribution in [3.05, 3.63) is 94.5 Å². The zero-order valence-electron chi connectivity index (χ0n) is 16.1. The molecule has 0 radical (unpaired) electrons.